The third-order valence-electron chi connectivity index (χ3n) is 4.03. The molecule has 2 fully saturated rings. The molecule has 0 aromatic carbocycles. The van der Waals surface area contributed by atoms with Crippen LogP contribution in [0.2, 0.25) is 11.6 Å². The third-order valence-corrected chi connectivity index (χ3v) is 4.03. The van der Waals surface area contributed by atoms with Crippen LogP contribution in [0.5, 0.6) is 0 Å². The lowest BCUT2D eigenvalue weighted by Gasteiger charge is -2.31. The second-order valence-corrected chi connectivity index (χ2v) is 5.33. The largest absolute Gasteiger partial charge is 0.393 e. The minimum absolute atomic E-state index is 0.0390. The second kappa shape index (κ2) is 5.35. The molecule has 0 aliphatic heterocycles. The lowest BCUT2D eigenvalue weighted by Crippen LogP contribution is -2.24. The highest BCUT2D eigenvalue weighted by Gasteiger charge is 2.26. The van der Waals surface area contributed by atoms with E-state index in [1.165, 1.54) is 25.7 Å². The van der Waals surface area contributed by atoms with Crippen molar-refractivity contribution in [2.45, 2.75) is 75.2 Å². The summed E-state index contributed by atoms with van der Waals surface area (Å²) < 4.78 is 0. The third kappa shape index (κ3) is 3.49. The maximum Gasteiger partial charge on any atom is 0.117 e. The molecule has 0 amide bonds. The van der Waals surface area contributed by atoms with Crippen molar-refractivity contribution >= 4 is 7.28 Å². The first-order valence-electron chi connectivity index (χ1n) is 6.45. The highest BCUT2D eigenvalue weighted by atomic mass is 16.3. The Morgan fingerprint density at radius 2 is 0.933 bits per heavy atom. The van der Waals surface area contributed by atoms with Crippen molar-refractivity contribution in [3.63, 3.8) is 0 Å². The van der Waals surface area contributed by atoms with Gasteiger partial charge in [0.15, 0.2) is 0 Å². The van der Waals surface area contributed by atoms with Crippen LogP contribution >= 0.6 is 0 Å². The van der Waals surface area contributed by atoms with Gasteiger partial charge in [-0.05, 0) is 25.7 Å². The van der Waals surface area contributed by atoms with E-state index in [9.17, 15) is 10.2 Å². The average molecular weight is 209 g/mol. The maximum absolute atomic E-state index is 9.42. The molecule has 2 rings (SSSR count). The Morgan fingerprint density at radius 1 is 0.600 bits per heavy atom. The summed E-state index contributed by atoms with van der Waals surface area (Å²) in [6.45, 7) is 0. The van der Waals surface area contributed by atoms with Gasteiger partial charge in [0.1, 0.15) is 7.28 Å². The fourth-order valence-corrected chi connectivity index (χ4v) is 2.97. The Labute approximate surface area is 93.3 Å². The maximum atomic E-state index is 9.42. The molecule has 0 bridgehead atoms. The molecule has 1 radical (unpaired) electrons. The molecule has 2 N–H and O–H groups in total. The minimum Gasteiger partial charge on any atom is -0.393 e. The minimum atomic E-state index is -0.0390. The van der Waals surface area contributed by atoms with Crippen molar-refractivity contribution in [3.8, 4) is 0 Å². The van der Waals surface area contributed by atoms with E-state index in [1.807, 2.05) is 0 Å². The van der Waals surface area contributed by atoms with E-state index < -0.39 is 0 Å². The molecule has 2 aliphatic rings. The lowest BCUT2D eigenvalue weighted by atomic mass is 9.48. The predicted octanol–water partition coefficient (Wildman–Crippen LogP) is 2.14. The van der Waals surface area contributed by atoms with Crippen LogP contribution in [0.3, 0.4) is 0 Å². The van der Waals surface area contributed by atoms with Gasteiger partial charge in [0, 0.05) is 0 Å². The summed E-state index contributed by atoms with van der Waals surface area (Å²) in [6, 6.07) is 0. The Kier molecular flexibility index (Phi) is 4.09. The molecule has 85 valence electrons. The zero-order valence-corrected chi connectivity index (χ0v) is 9.44. The molecule has 0 atom stereocenters. The molecule has 15 heavy (non-hydrogen) atoms. The summed E-state index contributed by atoms with van der Waals surface area (Å²) in [5.74, 6) is 1.46. The van der Waals surface area contributed by atoms with Gasteiger partial charge in [-0.2, -0.15) is 0 Å². The van der Waals surface area contributed by atoms with Gasteiger partial charge in [0.2, 0.25) is 0 Å². The highest BCUT2D eigenvalue weighted by Crippen LogP contribution is 2.36. The first-order chi connectivity index (χ1) is 7.24. The average Bonchev–Trinajstić information content (AvgIpc) is 2.25. The topological polar surface area (TPSA) is 40.5 Å². The van der Waals surface area contributed by atoms with Crippen LogP contribution in [0.4, 0.5) is 0 Å². The van der Waals surface area contributed by atoms with Crippen molar-refractivity contribution in [2.75, 3.05) is 0 Å². The molecule has 0 spiro atoms. The number of aliphatic hydroxyl groups is 2. The first kappa shape index (κ1) is 11.5. The Balaban J connectivity index is 1.68. The molecule has 0 unspecified atom stereocenters. The van der Waals surface area contributed by atoms with Crippen LogP contribution < -0.4 is 0 Å². The molecule has 0 saturated heterocycles. The molecular formula is C12H22BO2. The first-order valence-corrected chi connectivity index (χ1v) is 6.45. The SMILES string of the molecule is OC1CCC([B]C2CCC(O)CC2)CC1. The summed E-state index contributed by atoms with van der Waals surface area (Å²) in [5.41, 5.74) is 0. The predicted molar refractivity (Wildman–Crippen MR) is 62.2 cm³/mol. The summed E-state index contributed by atoms with van der Waals surface area (Å²) in [5, 5.41) is 18.8. The molecular weight excluding hydrogens is 187 g/mol. The number of hydrogen-bond acceptors (Lipinski definition) is 2. The van der Waals surface area contributed by atoms with Crippen LogP contribution in [-0.4, -0.2) is 29.7 Å². The highest BCUT2D eigenvalue weighted by molar-refractivity contribution is 6.39. The number of hydrogen-bond donors (Lipinski definition) is 2. The van der Waals surface area contributed by atoms with E-state index in [0.717, 1.165) is 37.3 Å². The standard InChI is InChI=1S/C12H22BO2/c14-11-5-1-9(2-6-11)13-10-3-7-12(15)8-4-10/h9-12,14-15H,1-8H2. The van der Waals surface area contributed by atoms with Gasteiger partial charge in [-0.15, -0.1) is 0 Å². The van der Waals surface area contributed by atoms with Crippen molar-refractivity contribution in [1.82, 2.24) is 0 Å². The van der Waals surface area contributed by atoms with Crippen molar-refractivity contribution in [3.05, 3.63) is 0 Å². The van der Waals surface area contributed by atoms with Gasteiger partial charge in [0.05, 0.1) is 12.2 Å². The van der Waals surface area contributed by atoms with Crippen molar-refractivity contribution in [1.29, 1.82) is 0 Å². The van der Waals surface area contributed by atoms with Crippen LogP contribution in [0.25, 0.3) is 0 Å². The zero-order valence-electron chi connectivity index (χ0n) is 9.44. The molecule has 2 aliphatic carbocycles. The van der Waals surface area contributed by atoms with Crippen LogP contribution in [0.15, 0.2) is 0 Å². The van der Waals surface area contributed by atoms with Gasteiger partial charge in [-0.25, -0.2) is 0 Å². The summed E-state index contributed by atoms with van der Waals surface area (Å²) >= 11 is 0. The Morgan fingerprint density at radius 3 is 1.27 bits per heavy atom. The van der Waals surface area contributed by atoms with E-state index in [1.54, 1.807) is 0 Å². The Bertz CT molecular complexity index is 162. The molecule has 0 heterocycles. The van der Waals surface area contributed by atoms with E-state index in [2.05, 4.69) is 7.28 Å². The van der Waals surface area contributed by atoms with Gasteiger partial charge < -0.3 is 10.2 Å². The monoisotopic (exact) mass is 209 g/mol. The fraction of sp³-hybridized carbons (Fsp3) is 1.00. The molecule has 0 aromatic heterocycles. The second-order valence-electron chi connectivity index (χ2n) is 5.33. The van der Waals surface area contributed by atoms with E-state index in [4.69, 9.17) is 0 Å². The zero-order chi connectivity index (χ0) is 10.7. The van der Waals surface area contributed by atoms with Gasteiger partial charge in [0.25, 0.3) is 0 Å². The van der Waals surface area contributed by atoms with Crippen LogP contribution in [0, 0.1) is 0 Å². The lowest BCUT2D eigenvalue weighted by molar-refractivity contribution is 0.126. The molecule has 0 aromatic rings. The summed E-state index contributed by atoms with van der Waals surface area (Å²) in [4.78, 5) is 0. The van der Waals surface area contributed by atoms with Crippen molar-refractivity contribution in [2.24, 2.45) is 0 Å². The molecule has 2 saturated carbocycles. The normalized spacial score (nSPS) is 42.5. The van der Waals surface area contributed by atoms with Gasteiger partial charge in [-0.1, -0.05) is 37.3 Å². The Hall–Kier alpha value is -0.0151. The quantitative estimate of drug-likeness (QED) is 0.684. The summed E-state index contributed by atoms with van der Waals surface area (Å²) in [7, 11) is 2.51. The van der Waals surface area contributed by atoms with Gasteiger partial charge in [-0.3, -0.25) is 0 Å². The fourth-order valence-electron chi connectivity index (χ4n) is 2.97. The van der Waals surface area contributed by atoms with E-state index >= 15 is 0 Å². The van der Waals surface area contributed by atoms with E-state index in [-0.39, 0.29) is 12.2 Å². The molecule has 2 nitrogen and oxygen atoms in total. The smallest absolute Gasteiger partial charge is 0.117 e. The van der Waals surface area contributed by atoms with E-state index in [0.29, 0.717) is 0 Å². The van der Waals surface area contributed by atoms with Crippen LogP contribution in [0.1, 0.15) is 51.4 Å². The summed E-state index contributed by atoms with van der Waals surface area (Å²) in [6.07, 6.45) is 8.52. The molecule has 3 heteroatoms. The van der Waals surface area contributed by atoms with Crippen molar-refractivity contribution < 1.29 is 10.2 Å². The van der Waals surface area contributed by atoms with Crippen LogP contribution in [-0.2, 0) is 0 Å². The van der Waals surface area contributed by atoms with Gasteiger partial charge >= 0.3 is 0 Å². The number of rotatable bonds is 2. The number of aliphatic hydroxyl groups excluding tert-OH is 2.